The van der Waals surface area contributed by atoms with Crippen LogP contribution >= 0.6 is 45.3 Å². The number of unbranched alkanes of at least 4 members (excludes halogenated alkanes) is 8. The van der Waals surface area contributed by atoms with E-state index in [2.05, 4.69) is 55.4 Å². The number of ether oxygens (including phenoxy) is 8. The number of rotatable bonds is 40. The predicted octanol–water partition coefficient (Wildman–Crippen LogP) is 22.8. The van der Waals surface area contributed by atoms with Gasteiger partial charge in [-0.1, -0.05) is 107 Å². The Balaban J connectivity index is 0.913. The molecule has 0 radical (unpaired) electrons. The molecule has 5 heterocycles. The summed E-state index contributed by atoms with van der Waals surface area (Å²) in [6.07, 6.45) is 27.3. The molecule has 132 heavy (non-hydrogen) atoms. The number of thiophene rings is 4. The summed E-state index contributed by atoms with van der Waals surface area (Å²) >= 11 is 6.01. The van der Waals surface area contributed by atoms with E-state index in [4.69, 9.17) is 77.8 Å². The van der Waals surface area contributed by atoms with Crippen molar-refractivity contribution in [3.63, 3.8) is 0 Å². The lowest BCUT2D eigenvalue weighted by molar-refractivity contribution is 0.0796. The number of phenols is 8. The van der Waals surface area contributed by atoms with Crippen molar-refractivity contribution in [2.24, 2.45) is 39.9 Å². The van der Waals surface area contributed by atoms with Gasteiger partial charge in [0.1, 0.15) is 46.0 Å². The molecular weight excluding hydrogens is 1750 g/mol. The lowest BCUT2D eigenvalue weighted by Gasteiger charge is -2.21. The van der Waals surface area contributed by atoms with Crippen LogP contribution in [0.15, 0.2) is 137 Å². The molecule has 12 aromatic rings. The summed E-state index contributed by atoms with van der Waals surface area (Å²) in [7, 11) is 0. The van der Waals surface area contributed by atoms with Crippen LogP contribution in [0.1, 0.15) is 203 Å². The van der Waals surface area contributed by atoms with Gasteiger partial charge in [0.25, 0.3) is 0 Å². The SMILES string of the molecule is CCCCOC[C@H]1N=Cc2cc3sc4cc(c(O)cc4c3cc2O)C=N[C@H](COCCCC)[C@@H](COCCCC)N=Cc2cc3sc4cc(c(O)cc4c3cc2O)C=N[C@H](COCCCC)[C@@H](COCCCC)N=Cc2cc3sc4cc(c(O)cc4c3cc2O)C=N[C@H](COCCCC)[C@@H](COCCCC)N=Cc2cc3sc4cc(c(O)cc4c3cc2O)C=N[C@@H]1COCCCC. The van der Waals surface area contributed by atoms with Gasteiger partial charge in [-0.3, -0.25) is 39.9 Å². The van der Waals surface area contributed by atoms with Crippen LogP contribution in [-0.2, 0) is 37.9 Å². The van der Waals surface area contributed by atoms with Gasteiger partial charge >= 0.3 is 0 Å². The Morgan fingerprint density at radius 2 is 0.303 bits per heavy atom. The van der Waals surface area contributed by atoms with Crippen LogP contribution in [0.5, 0.6) is 46.0 Å². The molecule has 0 saturated heterocycles. The molecule has 13 rings (SSSR count). The summed E-state index contributed by atoms with van der Waals surface area (Å²) in [4.78, 5) is 41.2. The Kier molecular flexibility index (Phi) is 38.0. The van der Waals surface area contributed by atoms with Crippen molar-refractivity contribution in [1.29, 1.82) is 0 Å². The van der Waals surface area contributed by atoms with Crippen molar-refractivity contribution in [3.05, 3.63) is 142 Å². The number of hydrogen-bond donors (Lipinski definition) is 8. The zero-order valence-corrected chi connectivity index (χ0v) is 80.4. The Labute approximate surface area is 788 Å². The van der Waals surface area contributed by atoms with Crippen molar-refractivity contribution >= 4 is 176 Å². The Morgan fingerprint density at radius 1 is 0.189 bits per heavy atom. The third-order valence-electron chi connectivity index (χ3n) is 23.5. The monoisotopic (exact) mass is 1870 g/mol. The molecule has 8 N–H and O–H groups in total. The van der Waals surface area contributed by atoms with E-state index in [1.807, 2.05) is 48.5 Å². The van der Waals surface area contributed by atoms with Crippen LogP contribution < -0.4 is 0 Å². The molecule has 16 bridgehead atoms. The standard InChI is InChI=1S/C104H128N8O16S4/c1-9-17-25-121-57-81-82(58-122-26-18-10-2)106-50-66-34-98-74(42-90(66)114)76-44-92(116)68(36-100(76)130-98)52-108-85(61-125-29-21-13-5)86(62-126-30-22-14-6)110-54-70-38-102-78(46-94(70)118)80-48-96(120)72(40-104(80)132-102)56-112-88(64-128-32-24-16-8)87(63-127-31-23-15-7)111-55-71-39-103-79(47-95(71)119)77-45-93(117)69(37-101(77)131-103)53-109-84(60-124-28-20-12-4)83(59-123-27-19-11-3)107-51-67-35-99-75(43-91(67)115)73-41-89(113)65(49-105-81)33-97(73)129-99/h33-56,81-88,113-120H,9-32,57-64H2,1-8H3/t81-,82-,83-,84-,85-,86-,87-,88-/m1/s1. The highest BCUT2D eigenvalue weighted by Gasteiger charge is 2.28. The highest BCUT2D eigenvalue weighted by atomic mass is 32.1. The Hall–Kier alpha value is -9.92. The highest BCUT2D eigenvalue weighted by Crippen LogP contribution is 2.45. The quantitative estimate of drug-likeness (QED) is 0.0165. The molecule has 0 amide bonds. The van der Waals surface area contributed by atoms with Crippen LogP contribution in [0.4, 0.5) is 0 Å². The number of hydrogen-bond acceptors (Lipinski definition) is 28. The van der Waals surface area contributed by atoms with E-state index in [1.165, 1.54) is 45.3 Å². The fourth-order valence-corrected chi connectivity index (χ4v) is 20.0. The number of aliphatic imine (C=N–C) groups is 8. The molecule has 4 aromatic heterocycles. The molecular formula is C104H128N8O16S4. The van der Waals surface area contributed by atoms with Crippen molar-refractivity contribution < 1.29 is 78.7 Å². The molecule has 1 aliphatic rings. The zero-order valence-electron chi connectivity index (χ0n) is 77.2. The maximum Gasteiger partial charge on any atom is 0.125 e. The molecule has 0 saturated carbocycles. The van der Waals surface area contributed by atoms with Gasteiger partial charge in [0.2, 0.25) is 0 Å². The minimum atomic E-state index is -0.602. The van der Waals surface area contributed by atoms with Crippen LogP contribution in [0.25, 0.3) is 80.7 Å². The third-order valence-corrected chi connectivity index (χ3v) is 28.0. The first-order chi connectivity index (χ1) is 64.4. The molecule has 0 fully saturated rings. The molecule has 8 atom stereocenters. The molecule has 0 aliphatic carbocycles. The molecule has 8 aromatic carbocycles. The van der Waals surface area contributed by atoms with Gasteiger partial charge in [-0.25, -0.2) is 0 Å². The largest absolute Gasteiger partial charge is 0.507 e. The smallest absolute Gasteiger partial charge is 0.125 e. The maximum absolute atomic E-state index is 11.9. The first kappa shape index (κ1) is 99.6. The molecule has 24 nitrogen and oxygen atoms in total. The minimum Gasteiger partial charge on any atom is -0.507 e. The summed E-state index contributed by atoms with van der Waals surface area (Å²) in [6, 6.07) is 24.0. The molecule has 0 unspecified atom stereocenters. The molecule has 704 valence electrons. The van der Waals surface area contributed by atoms with Gasteiger partial charge in [-0.15, -0.1) is 45.3 Å². The topological polar surface area (TPSA) is 335 Å². The van der Waals surface area contributed by atoms with Gasteiger partial charge in [0, 0.05) is 228 Å². The minimum absolute atomic E-state index is 0.0170. The van der Waals surface area contributed by atoms with Gasteiger partial charge in [0.05, 0.1) is 101 Å². The van der Waals surface area contributed by atoms with E-state index in [0.717, 1.165) is 183 Å². The average Bonchev–Trinajstić information content (AvgIpc) is 1.63. The molecule has 0 spiro atoms. The van der Waals surface area contributed by atoms with E-state index < -0.39 is 48.3 Å². The van der Waals surface area contributed by atoms with Gasteiger partial charge in [-0.2, -0.15) is 0 Å². The maximum atomic E-state index is 11.9. The lowest BCUT2D eigenvalue weighted by atomic mass is 10.1. The van der Waals surface area contributed by atoms with Crippen LogP contribution in [0, 0.1) is 0 Å². The second-order valence-corrected chi connectivity index (χ2v) is 38.2. The highest BCUT2D eigenvalue weighted by molar-refractivity contribution is 7.27. The fraction of sp³-hybridized carbons (Fsp3) is 0.462. The van der Waals surface area contributed by atoms with E-state index >= 15 is 0 Å². The number of fused-ring (bicyclic) bond motifs is 12. The summed E-state index contributed by atoms with van der Waals surface area (Å²) in [5.74, 6) is -0.136. The van der Waals surface area contributed by atoms with Crippen molar-refractivity contribution in [2.45, 2.75) is 206 Å². The predicted molar refractivity (Wildman–Crippen MR) is 548 cm³/mol. The number of aromatic hydroxyl groups is 8. The van der Waals surface area contributed by atoms with E-state index in [9.17, 15) is 40.9 Å². The van der Waals surface area contributed by atoms with E-state index in [0.29, 0.717) is 97.4 Å². The van der Waals surface area contributed by atoms with Gasteiger partial charge < -0.3 is 78.7 Å². The Bertz CT molecular complexity index is 4990. The van der Waals surface area contributed by atoms with Gasteiger partial charge in [-0.05, 0) is 148 Å². The molecule has 28 heteroatoms. The fourth-order valence-electron chi connectivity index (χ4n) is 15.4. The van der Waals surface area contributed by atoms with Gasteiger partial charge in [0.15, 0.2) is 0 Å². The summed E-state index contributed by atoms with van der Waals surface area (Å²) in [5.41, 5.74) is 3.70. The second kappa shape index (κ2) is 50.4. The van der Waals surface area contributed by atoms with E-state index in [-0.39, 0.29) is 98.9 Å². The first-order valence-corrected chi connectivity index (χ1v) is 50.2. The third kappa shape index (κ3) is 26.4. The van der Waals surface area contributed by atoms with Crippen molar-refractivity contribution in [2.75, 3.05) is 106 Å². The summed E-state index contributed by atoms with van der Waals surface area (Å²) < 4.78 is 57.4. The molecule has 1 aliphatic heterocycles. The van der Waals surface area contributed by atoms with Crippen molar-refractivity contribution in [1.82, 2.24) is 0 Å². The van der Waals surface area contributed by atoms with Crippen molar-refractivity contribution in [3.8, 4) is 46.0 Å². The lowest BCUT2D eigenvalue weighted by Crippen LogP contribution is -2.32. The average molecular weight is 1870 g/mol. The Morgan fingerprint density at radius 3 is 0.409 bits per heavy atom. The zero-order chi connectivity index (χ0) is 92.8. The first-order valence-electron chi connectivity index (χ1n) is 47.0. The number of benzene rings is 8. The van der Waals surface area contributed by atoms with Crippen LogP contribution in [0.3, 0.4) is 0 Å². The normalized spacial score (nSPS) is 18.0. The van der Waals surface area contributed by atoms with Crippen LogP contribution in [0.2, 0.25) is 0 Å². The second-order valence-electron chi connectivity index (χ2n) is 33.9. The van der Waals surface area contributed by atoms with Crippen LogP contribution in [-0.4, -0.2) is 245 Å². The van der Waals surface area contributed by atoms with E-state index in [1.54, 1.807) is 98.2 Å². The number of phenolic OH excluding ortho intramolecular Hbond substituents is 8. The summed E-state index contributed by atoms with van der Waals surface area (Å²) in [5, 5.41) is 101. The summed E-state index contributed by atoms with van der Waals surface area (Å²) in [6.45, 7) is 22.3. The number of nitrogens with zero attached hydrogens (tertiary/aromatic N) is 8.